The molecule has 4 heteroatoms. The Labute approximate surface area is 134 Å². The van der Waals surface area contributed by atoms with Crippen molar-refractivity contribution >= 4 is 11.6 Å². The van der Waals surface area contributed by atoms with Crippen LogP contribution in [-0.4, -0.2) is 9.78 Å². The summed E-state index contributed by atoms with van der Waals surface area (Å²) >= 11 is 5.94. The number of aromatic nitrogens is 2. The number of benzene rings is 2. The predicted octanol–water partition coefficient (Wildman–Crippen LogP) is 4.63. The van der Waals surface area contributed by atoms with Crippen molar-refractivity contribution in [3.8, 4) is 23.0 Å². The SMILES string of the molecule is CCc1ccc(-c2cc(C#N)nn2-c2ccc(Cl)cc2)cc1. The molecule has 0 spiro atoms. The quantitative estimate of drug-likeness (QED) is 0.708. The van der Waals surface area contributed by atoms with E-state index in [2.05, 4.69) is 42.4 Å². The number of hydrogen-bond donors (Lipinski definition) is 0. The molecule has 0 amide bonds. The molecule has 0 unspecified atom stereocenters. The third kappa shape index (κ3) is 2.74. The van der Waals surface area contributed by atoms with Gasteiger partial charge in [0.1, 0.15) is 6.07 Å². The lowest BCUT2D eigenvalue weighted by atomic mass is 10.1. The molecular formula is C18H14ClN3. The van der Waals surface area contributed by atoms with Crippen molar-refractivity contribution in [3.63, 3.8) is 0 Å². The minimum absolute atomic E-state index is 0.393. The molecule has 3 nitrogen and oxygen atoms in total. The zero-order chi connectivity index (χ0) is 15.5. The molecular weight excluding hydrogens is 294 g/mol. The maximum atomic E-state index is 9.15. The average Bonchev–Trinajstić information content (AvgIpc) is 3.00. The fourth-order valence-corrected chi connectivity index (χ4v) is 2.46. The summed E-state index contributed by atoms with van der Waals surface area (Å²) in [7, 11) is 0. The smallest absolute Gasteiger partial charge is 0.163 e. The Morgan fingerprint density at radius 3 is 2.36 bits per heavy atom. The van der Waals surface area contributed by atoms with E-state index in [9.17, 15) is 0 Å². The molecule has 0 aliphatic heterocycles. The highest BCUT2D eigenvalue weighted by molar-refractivity contribution is 6.30. The van der Waals surface area contributed by atoms with Crippen molar-refractivity contribution in [1.82, 2.24) is 9.78 Å². The van der Waals surface area contributed by atoms with Crippen molar-refractivity contribution in [1.29, 1.82) is 5.26 Å². The van der Waals surface area contributed by atoms with Gasteiger partial charge in [0.15, 0.2) is 5.69 Å². The molecule has 0 atom stereocenters. The minimum Gasteiger partial charge on any atom is -0.232 e. The molecule has 108 valence electrons. The molecule has 0 N–H and O–H groups in total. The van der Waals surface area contributed by atoms with E-state index in [1.165, 1.54) is 5.56 Å². The Hall–Kier alpha value is -2.57. The Morgan fingerprint density at radius 2 is 1.77 bits per heavy atom. The highest BCUT2D eigenvalue weighted by atomic mass is 35.5. The van der Waals surface area contributed by atoms with Crippen LogP contribution in [0, 0.1) is 11.3 Å². The molecule has 3 aromatic rings. The van der Waals surface area contributed by atoms with Crippen LogP contribution < -0.4 is 0 Å². The van der Waals surface area contributed by atoms with Gasteiger partial charge in [-0.2, -0.15) is 10.4 Å². The summed E-state index contributed by atoms with van der Waals surface area (Å²) in [6.07, 6.45) is 1.00. The van der Waals surface area contributed by atoms with Gasteiger partial charge >= 0.3 is 0 Å². The van der Waals surface area contributed by atoms with Gasteiger partial charge < -0.3 is 0 Å². The normalized spacial score (nSPS) is 10.4. The molecule has 0 aliphatic carbocycles. The van der Waals surface area contributed by atoms with Crippen molar-refractivity contribution in [2.45, 2.75) is 13.3 Å². The topological polar surface area (TPSA) is 41.6 Å². The first-order chi connectivity index (χ1) is 10.7. The van der Waals surface area contributed by atoms with Crippen LogP contribution in [0.5, 0.6) is 0 Å². The van der Waals surface area contributed by atoms with Crippen LogP contribution in [0.15, 0.2) is 54.6 Å². The molecule has 0 bridgehead atoms. The van der Waals surface area contributed by atoms with E-state index in [0.717, 1.165) is 23.4 Å². The number of aryl methyl sites for hydroxylation is 1. The predicted molar refractivity (Wildman–Crippen MR) is 88.1 cm³/mol. The van der Waals surface area contributed by atoms with E-state index in [0.29, 0.717) is 10.7 Å². The summed E-state index contributed by atoms with van der Waals surface area (Å²) in [5.74, 6) is 0. The van der Waals surface area contributed by atoms with Crippen molar-refractivity contribution in [2.75, 3.05) is 0 Å². The van der Waals surface area contributed by atoms with Crippen molar-refractivity contribution in [3.05, 3.63) is 70.9 Å². The number of nitrogens with zero attached hydrogens (tertiary/aromatic N) is 3. The largest absolute Gasteiger partial charge is 0.232 e. The first-order valence-corrected chi connectivity index (χ1v) is 7.44. The number of nitriles is 1. The van der Waals surface area contributed by atoms with Gasteiger partial charge in [-0.15, -0.1) is 0 Å². The molecule has 1 heterocycles. The van der Waals surface area contributed by atoms with Gasteiger partial charge in [0, 0.05) is 16.7 Å². The highest BCUT2D eigenvalue weighted by Crippen LogP contribution is 2.25. The van der Waals surface area contributed by atoms with Gasteiger partial charge in [-0.1, -0.05) is 42.8 Å². The average molecular weight is 308 g/mol. The lowest BCUT2D eigenvalue weighted by Crippen LogP contribution is -1.99. The van der Waals surface area contributed by atoms with E-state index < -0.39 is 0 Å². The van der Waals surface area contributed by atoms with Gasteiger partial charge in [0.05, 0.1) is 11.4 Å². The van der Waals surface area contributed by atoms with Gasteiger partial charge in [-0.25, -0.2) is 4.68 Å². The second kappa shape index (κ2) is 6.05. The van der Waals surface area contributed by atoms with Crippen LogP contribution in [0.25, 0.3) is 16.9 Å². The second-order valence-electron chi connectivity index (χ2n) is 4.97. The number of rotatable bonds is 3. The van der Waals surface area contributed by atoms with Crippen LogP contribution in [-0.2, 0) is 6.42 Å². The summed E-state index contributed by atoms with van der Waals surface area (Å²) < 4.78 is 1.77. The molecule has 0 fully saturated rings. The van der Waals surface area contributed by atoms with E-state index in [-0.39, 0.29) is 0 Å². The number of hydrogen-bond acceptors (Lipinski definition) is 2. The molecule has 0 radical (unpaired) electrons. The molecule has 22 heavy (non-hydrogen) atoms. The fourth-order valence-electron chi connectivity index (χ4n) is 2.33. The van der Waals surface area contributed by atoms with E-state index in [1.807, 2.05) is 24.3 Å². The summed E-state index contributed by atoms with van der Waals surface area (Å²) in [6, 6.07) is 19.6. The second-order valence-corrected chi connectivity index (χ2v) is 5.40. The molecule has 3 rings (SSSR count). The van der Waals surface area contributed by atoms with Crippen LogP contribution in [0.4, 0.5) is 0 Å². The van der Waals surface area contributed by atoms with E-state index in [4.69, 9.17) is 16.9 Å². The Bertz CT molecular complexity index is 824. The maximum Gasteiger partial charge on any atom is 0.163 e. The first kappa shape index (κ1) is 14.4. The zero-order valence-corrected chi connectivity index (χ0v) is 12.9. The van der Waals surface area contributed by atoms with E-state index >= 15 is 0 Å². The third-order valence-corrected chi connectivity index (χ3v) is 3.81. The first-order valence-electron chi connectivity index (χ1n) is 7.06. The van der Waals surface area contributed by atoms with Crippen molar-refractivity contribution < 1.29 is 0 Å². The van der Waals surface area contributed by atoms with Gasteiger partial charge in [-0.3, -0.25) is 0 Å². The summed E-state index contributed by atoms with van der Waals surface area (Å²) in [6.45, 7) is 2.13. The summed E-state index contributed by atoms with van der Waals surface area (Å²) in [4.78, 5) is 0. The molecule has 0 aliphatic rings. The molecule has 2 aromatic carbocycles. The Kier molecular flexibility index (Phi) is 3.95. The fraction of sp³-hybridized carbons (Fsp3) is 0.111. The van der Waals surface area contributed by atoms with Crippen molar-refractivity contribution in [2.24, 2.45) is 0 Å². The summed E-state index contributed by atoms with van der Waals surface area (Å²) in [5, 5.41) is 14.2. The minimum atomic E-state index is 0.393. The molecule has 1 aromatic heterocycles. The summed E-state index contributed by atoms with van der Waals surface area (Å²) in [5.41, 5.74) is 4.47. The van der Waals surface area contributed by atoms with Gasteiger partial charge in [0.25, 0.3) is 0 Å². The highest BCUT2D eigenvalue weighted by Gasteiger charge is 2.11. The molecule has 0 saturated heterocycles. The molecule has 0 saturated carbocycles. The van der Waals surface area contributed by atoms with Crippen LogP contribution >= 0.6 is 11.6 Å². The third-order valence-electron chi connectivity index (χ3n) is 3.55. The Balaban J connectivity index is 2.12. The standard InChI is InChI=1S/C18H14ClN3/c1-2-13-3-5-14(6-4-13)18-11-16(12-20)21-22(18)17-9-7-15(19)8-10-17/h3-11H,2H2,1H3. The van der Waals surface area contributed by atoms with E-state index in [1.54, 1.807) is 10.7 Å². The van der Waals surface area contributed by atoms with Gasteiger partial charge in [0.2, 0.25) is 0 Å². The zero-order valence-electron chi connectivity index (χ0n) is 12.1. The van der Waals surface area contributed by atoms with Crippen LogP contribution in [0.3, 0.4) is 0 Å². The monoisotopic (exact) mass is 307 g/mol. The Morgan fingerprint density at radius 1 is 1.09 bits per heavy atom. The maximum absolute atomic E-state index is 9.15. The van der Waals surface area contributed by atoms with Crippen LogP contribution in [0.2, 0.25) is 5.02 Å². The lowest BCUT2D eigenvalue weighted by molar-refractivity contribution is 0.880. The lowest BCUT2D eigenvalue weighted by Gasteiger charge is -2.08. The van der Waals surface area contributed by atoms with Crippen LogP contribution in [0.1, 0.15) is 18.2 Å². The number of halogens is 1. The van der Waals surface area contributed by atoms with Gasteiger partial charge in [-0.05, 0) is 36.2 Å².